The van der Waals surface area contributed by atoms with Crippen LogP contribution >= 0.6 is 0 Å². The van der Waals surface area contributed by atoms with Gasteiger partial charge in [-0.25, -0.2) is 0 Å². The smallest absolute Gasteiger partial charge is 0.306 e. The summed E-state index contributed by atoms with van der Waals surface area (Å²) in [5.41, 5.74) is 0. The minimum Gasteiger partial charge on any atom is -0.545 e. The maximum Gasteiger partial charge on any atom is 0.306 e. The minimum absolute atomic E-state index is 0.145. The van der Waals surface area contributed by atoms with Crippen LogP contribution in [0.25, 0.3) is 0 Å². The first kappa shape index (κ1) is 74.5. The van der Waals surface area contributed by atoms with E-state index in [1.807, 2.05) is 21.1 Å². The monoisotopic (exact) mass is 1090 g/mol. The lowest BCUT2D eigenvalue weighted by Crippen LogP contribution is -2.44. The van der Waals surface area contributed by atoms with Crippen LogP contribution in [0.5, 0.6) is 0 Å². The predicted octanol–water partition coefficient (Wildman–Crippen LogP) is 18.2. The molecule has 78 heavy (non-hydrogen) atoms. The molecule has 9 heteroatoms. The summed E-state index contributed by atoms with van der Waals surface area (Å²) in [7, 11) is 5.92. The summed E-state index contributed by atoms with van der Waals surface area (Å²) < 4.78 is 22.7. The van der Waals surface area contributed by atoms with Crippen LogP contribution < -0.4 is 5.11 Å². The van der Waals surface area contributed by atoms with Gasteiger partial charge in [-0.1, -0.05) is 259 Å². The first-order valence-corrected chi connectivity index (χ1v) is 32.2. The Bertz CT molecular complexity index is 1550. The van der Waals surface area contributed by atoms with E-state index in [1.54, 1.807) is 0 Å². The topological polar surface area (TPSA) is 111 Å². The number of unbranched alkanes of at least 4 members (excludes halogenated alkanes) is 30. The summed E-state index contributed by atoms with van der Waals surface area (Å²) in [6, 6.07) is 0. The lowest BCUT2D eigenvalue weighted by Gasteiger charge is -2.26. The molecular weight excluding hydrogens is 971 g/mol. The van der Waals surface area contributed by atoms with E-state index in [2.05, 4.69) is 98.9 Å². The molecule has 2 atom stereocenters. The Morgan fingerprint density at radius 3 is 1.09 bits per heavy atom. The quantitative estimate of drug-likeness (QED) is 0.0195. The van der Waals surface area contributed by atoms with E-state index in [9.17, 15) is 19.5 Å². The third-order valence-electron chi connectivity index (χ3n) is 13.9. The number of likely N-dealkylation sites (N-methyl/N-ethyl adjacent to an activating group) is 1. The molecule has 450 valence electrons. The molecule has 0 radical (unpaired) electrons. The van der Waals surface area contributed by atoms with E-state index < -0.39 is 24.3 Å². The van der Waals surface area contributed by atoms with Gasteiger partial charge in [0.1, 0.15) is 13.2 Å². The average Bonchev–Trinajstić information content (AvgIpc) is 3.41. The van der Waals surface area contributed by atoms with E-state index in [1.165, 1.54) is 161 Å². The van der Waals surface area contributed by atoms with Gasteiger partial charge in [0, 0.05) is 12.8 Å². The highest BCUT2D eigenvalue weighted by Gasteiger charge is 2.22. The highest BCUT2D eigenvalue weighted by Crippen LogP contribution is 2.17. The zero-order chi connectivity index (χ0) is 56.9. The van der Waals surface area contributed by atoms with E-state index in [-0.39, 0.29) is 38.6 Å². The number of ether oxygens (including phenoxy) is 4. The number of quaternary nitrogens is 1. The van der Waals surface area contributed by atoms with Crippen LogP contribution in [-0.4, -0.2) is 82.3 Å². The van der Waals surface area contributed by atoms with Crippen LogP contribution in [0.3, 0.4) is 0 Å². The fourth-order valence-electron chi connectivity index (χ4n) is 8.95. The number of aliphatic carboxylic acids is 1. The Labute approximate surface area is 480 Å². The Kier molecular flexibility index (Phi) is 56.9. The highest BCUT2D eigenvalue weighted by atomic mass is 16.7. The molecule has 0 aliphatic heterocycles. The number of carboxylic acid groups (broad SMARTS) is 1. The van der Waals surface area contributed by atoms with Crippen molar-refractivity contribution in [2.45, 2.75) is 289 Å². The predicted molar refractivity (Wildman–Crippen MR) is 329 cm³/mol. The van der Waals surface area contributed by atoms with Gasteiger partial charge in [0.25, 0.3) is 0 Å². The Hall–Kier alpha value is -3.53. The van der Waals surface area contributed by atoms with Crippen molar-refractivity contribution in [2.24, 2.45) is 0 Å². The molecule has 0 N–H and O–H groups in total. The maximum atomic E-state index is 12.9. The van der Waals surface area contributed by atoms with Gasteiger partial charge in [0.2, 0.25) is 0 Å². The van der Waals surface area contributed by atoms with Crippen molar-refractivity contribution < 1.29 is 42.9 Å². The molecule has 0 amide bonds. The maximum absolute atomic E-state index is 12.9. The SMILES string of the molecule is CC/C=C\C/C=C\C/C=C\C/C=C\C/C=C\CCCCCCCCCCCCCCCCCCCCCC(=O)OC(COC(=O)CCCCCCCCC/C=C\C/C=C\CCCCCC)COC(OCC[N+](C)(C)C)C(=O)[O-]. The second-order valence-corrected chi connectivity index (χ2v) is 22.7. The molecule has 0 aliphatic rings. The molecule has 0 saturated heterocycles. The average molecular weight is 1090 g/mol. The lowest BCUT2D eigenvalue weighted by atomic mass is 10.0. The molecule has 0 aromatic heterocycles. The Morgan fingerprint density at radius 2 is 0.731 bits per heavy atom. The number of esters is 2. The molecule has 0 aliphatic carbocycles. The number of rotatable bonds is 59. The first-order valence-electron chi connectivity index (χ1n) is 32.2. The third-order valence-corrected chi connectivity index (χ3v) is 13.9. The molecule has 0 fully saturated rings. The van der Waals surface area contributed by atoms with Gasteiger partial charge in [0.05, 0.1) is 40.3 Å². The third kappa shape index (κ3) is 60.1. The van der Waals surface area contributed by atoms with E-state index in [0.29, 0.717) is 17.4 Å². The molecule has 0 aromatic carbocycles. The molecule has 0 rings (SSSR count). The van der Waals surface area contributed by atoms with Crippen LogP contribution in [-0.2, 0) is 33.3 Å². The zero-order valence-corrected chi connectivity index (χ0v) is 51.3. The van der Waals surface area contributed by atoms with Crippen molar-refractivity contribution >= 4 is 17.9 Å². The van der Waals surface area contributed by atoms with Crippen molar-refractivity contribution in [1.29, 1.82) is 0 Å². The second kappa shape index (κ2) is 59.6. The number of nitrogens with zero attached hydrogens (tertiary/aromatic N) is 1. The molecule has 0 spiro atoms. The molecule has 0 saturated carbocycles. The van der Waals surface area contributed by atoms with E-state index in [4.69, 9.17) is 18.9 Å². The van der Waals surface area contributed by atoms with Crippen LogP contribution in [0.1, 0.15) is 277 Å². The van der Waals surface area contributed by atoms with Crippen LogP contribution in [0, 0.1) is 0 Å². The summed E-state index contributed by atoms with van der Waals surface area (Å²) in [5, 5.41) is 11.8. The number of allylic oxidation sites excluding steroid dienone is 14. The normalized spacial score (nSPS) is 13.3. The van der Waals surface area contributed by atoms with Gasteiger partial charge < -0.3 is 33.3 Å². The Balaban J connectivity index is 4.09. The summed E-state index contributed by atoms with van der Waals surface area (Å²) in [6.45, 7) is 4.63. The number of hydrogen-bond acceptors (Lipinski definition) is 8. The van der Waals surface area contributed by atoms with Crippen molar-refractivity contribution in [3.05, 3.63) is 85.1 Å². The molecular formula is C69H121NO8. The fourth-order valence-corrected chi connectivity index (χ4v) is 8.95. The number of carbonyl (C=O) groups excluding carboxylic acids is 3. The minimum atomic E-state index is -1.62. The van der Waals surface area contributed by atoms with Gasteiger partial charge in [-0.05, 0) is 89.9 Å². The summed E-state index contributed by atoms with van der Waals surface area (Å²) >= 11 is 0. The van der Waals surface area contributed by atoms with Gasteiger partial charge in [0.15, 0.2) is 12.4 Å². The highest BCUT2D eigenvalue weighted by molar-refractivity contribution is 5.70. The summed E-state index contributed by atoms with van der Waals surface area (Å²) in [5.74, 6) is -2.28. The van der Waals surface area contributed by atoms with E-state index >= 15 is 0 Å². The molecule has 0 heterocycles. The Morgan fingerprint density at radius 1 is 0.397 bits per heavy atom. The van der Waals surface area contributed by atoms with Crippen molar-refractivity contribution in [3.63, 3.8) is 0 Å². The zero-order valence-electron chi connectivity index (χ0n) is 51.3. The standard InChI is InChI=1S/C69H121NO8/c1-6-8-10-12-14-16-18-20-22-24-26-27-28-29-30-31-32-33-34-35-36-37-38-39-40-41-42-44-46-48-50-52-54-56-58-60-67(72)78-65(64-77-69(68(73)74)75-62-61-70(3,4)5)63-76-66(71)59-57-55-53-51-49-47-45-43-25-23-21-19-17-15-13-11-9-7-2/h8,10,14,16-17,19-20,22-23,25-27,29-30,65,69H,6-7,9,11-13,15,18,21,24,28,31-64H2,1-5H3/b10-8-,16-14-,19-17-,22-20-,25-23-,27-26-,30-29-. The number of carboxylic acids is 1. The number of hydrogen-bond donors (Lipinski definition) is 0. The second-order valence-electron chi connectivity index (χ2n) is 22.7. The van der Waals surface area contributed by atoms with Crippen molar-refractivity contribution in [3.8, 4) is 0 Å². The van der Waals surface area contributed by atoms with Crippen molar-refractivity contribution in [2.75, 3.05) is 47.5 Å². The molecule has 0 aromatic rings. The first-order chi connectivity index (χ1) is 38.1. The van der Waals surface area contributed by atoms with Crippen LogP contribution in [0.4, 0.5) is 0 Å². The fraction of sp³-hybridized carbons (Fsp3) is 0.754. The molecule has 0 bridgehead atoms. The summed E-state index contributed by atoms with van der Waals surface area (Å²) in [4.78, 5) is 37.4. The van der Waals surface area contributed by atoms with Gasteiger partial charge in [-0.3, -0.25) is 9.59 Å². The lowest BCUT2D eigenvalue weighted by molar-refractivity contribution is -0.870. The molecule has 9 nitrogen and oxygen atoms in total. The van der Waals surface area contributed by atoms with Crippen LogP contribution in [0.2, 0.25) is 0 Å². The number of carbonyl (C=O) groups is 3. The van der Waals surface area contributed by atoms with Gasteiger partial charge in [-0.2, -0.15) is 0 Å². The van der Waals surface area contributed by atoms with Gasteiger partial charge in [-0.15, -0.1) is 0 Å². The van der Waals surface area contributed by atoms with E-state index in [0.717, 1.165) is 83.5 Å². The molecule has 2 unspecified atom stereocenters. The van der Waals surface area contributed by atoms with Crippen molar-refractivity contribution in [1.82, 2.24) is 0 Å². The van der Waals surface area contributed by atoms with Gasteiger partial charge >= 0.3 is 11.9 Å². The van der Waals surface area contributed by atoms with Crippen LogP contribution in [0.15, 0.2) is 85.1 Å². The summed E-state index contributed by atoms with van der Waals surface area (Å²) in [6.07, 6.45) is 76.5. The largest absolute Gasteiger partial charge is 0.545 e.